The Hall–Kier alpha value is -0.750. The van der Waals surface area contributed by atoms with E-state index in [1.54, 1.807) is 18.2 Å². The van der Waals surface area contributed by atoms with Gasteiger partial charge < -0.3 is 10.4 Å². The highest BCUT2D eigenvalue weighted by molar-refractivity contribution is 14.1. The molecule has 0 aliphatic rings. The van der Waals surface area contributed by atoms with Gasteiger partial charge in [0.05, 0.1) is 0 Å². The topological polar surface area (TPSA) is 49.3 Å². The maximum absolute atomic E-state index is 10.8. The third-order valence-corrected chi connectivity index (χ3v) is 2.87. The Labute approximate surface area is 106 Å². The number of aliphatic carboxylic acids is 1. The van der Waals surface area contributed by atoms with Gasteiger partial charge >= 0.3 is 5.97 Å². The largest absolute Gasteiger partial charge is 0.479 e. The third kappa shape index (κ3) is 3.39. The fourth-order valence-corrected chi connectivity index (χ4v) is 2.02. The number of hydrogen-bond donors (Lipinski definition) is 2. The van der Waals surface area contributed by atoms with E-state index in [4.69, 9.17) is 16.7 Å². The van der Waals surface area contributed by atoms with Gasteiger partial charge in [-0.3, -0.25) is 0 Å². The molecule has 2 N–H and O–H groups in total. The first-order chi connectivity index (χ1) is 7.04. The zero-order valence-electron chi connectivity index (χ0n) is 7.71. The molecule has 0 bridgehead atoms. The monoisotopic (exact) mass is 337 g/mol. The molecule has 0 radical (unpaired) electrons. The molecule has 0 aliphatic carbocycles. The van der Waals surface area contributed by atoms with E-state index >= 15 is 0 Å². The maximum Gasteiger partial charge on any atom is 0.330 e. The van der Waals surface area contributed by atoms with E-state index in [0.29, 0.717) is 5.02 Å². The molecule has 3 nitrogen and oxygen atoms in total. The summed E-state index contributed by atoms with van der Waals surface area (Å²) in [6.07, 6.45) is 1.34. The van der Waals surface area contributed by atoms with Crippen LogP contribution in [0.2, 0.25) is 5.02 Å². The van der Waals surface area contributed by atoms with Crippen molar-refractivity contribution in [3.8, 4) is 0 Å². The van der Waals surface area contributed by atoms with Gasteiger partial charge in [0.15, 0.2) is 0 Å². The highest BCUT2D eigenvalue weighted by Crippen LogP contribution is 2.22. The molecule has 0 spiro atoms. The van der Waals surface area contributed by atoms with Crippen LogP contribution in [0.15, 0.2) is 30.9 Å². The van der Waals surface area contributed by atoms with Gasteiger partial charge in [0.25, 0.3) is 0 Å². The second kappa shape index (κ2) is 5.37. The van der Waals surface area contributed by atoms with Crippen LogP contribution < -0.4 is 5.32 Å². The number of rotatable bonds is 4. The number of hydrogen-bond acceptors (Lipinski definition) is 2. The van der Waals surface area contributed by atoms with Crippen molar-refractivity contribution in [3.05, 3.63) is 39.4 Å². The number of halogens is 2. The fourth-order valence-electron chi connectivity index (χ4n) is 0.996. The van der Waals surface area contributed by atoms with E-state index in [2.05, 4.69) is 34.5 Å². The molecule has 0 saturated heterocycles. The van der Waals surface area contributed by atoms with E-state index in [-0.39, 0.29) is 0 Å². The molecule has 1 aromatic carbocycles. The summed E-state index contributed by atoms with van der Waals surface area (Å²) in [4.78, 5) is 10.8. The minimum atomic E-state index is -0.962. The summed E-state index contributed by atoms with van der Waals surface area (Å²) in [7, 11) is 0. The first kappa shape index (κ1) is 12.3. The lowest BCUT2D eigenvalue weighted by Gasteiger charge is -2.13. The molecule has 0 aromatic heterocycles. The molecule has 1 unspecified atom stereocenters. The minimum Gasteiger partial charge on any atom is -0.479 e. The van der Waals surface area contributed by atoms with Gasteiger partial charge in [0, 0.05) is 14.3 Å². The predicted octanol–water partition coefficient (Wildman–Crippen LogP) is 3.00. The van der Waals surface area contributed by atoms with Gasteiger partial charge in [-0.1, -0.05) is 17.7 Å². The highest BCUT2D eigenvalue weighted by Gasteiger charge is 2.13. The number of nitrogens with one attached hydrogen (secondary N) is 1. The Morgan fingerprint density at radius 3 is 2.80 bits per heavy atom. The van der Waals surface area contributed by atoms with Crippen LogP contribution in [-0.2, 0) is 4.79 Å². The normalized spacial score (nSPS) is 11.9. The smallest absolute Gasteiger partial charge is 0.330 e. The van der Waals surface area contributed by atoms with Crippen LogP contribution in [0.1, 0.15) is 0 Å². The summed E-state index contributed by atoms with van der Waals surface area (Å²) < 4.78 is 0.869. The molecule has 0 saturated carbocycles. The third-order valence-electron chi connectivity index (χ3n) is 1.74. The Kier molecular flexibility index (Phi) is 4.41. The zero-order valence-corrected chi connectivity index (χ0v) is 10.6. The van der Waals surface area contributed by atoms with Crippen LogP contribution in [0.4, 0.5) is 5.69 Å². The van der Waals surface area contributed by atoms with Crippen LogP contribution in [0.3, 0.4) is 0 Å². The lowest BCUT2D eigenvalue weighted by atomic mass is 10.2. The zero-order chi connectivity index (χ0) is 11.4. The van der Waals surface area contributed by atoms with Crippen molar-refractivity contribution in [2.24, 2.45) is 0 Å². The minimum absolute atomic E-state index is 0.621. The predicted molar refractivity (Wildman–Crippen MR) is 69.4 cm³/mol. The molecule has 1 aromatic rings. The Balaban J connectivity index is 2.88. The molecular formula is C10H9ClINO2. The summed E-state index contributed by atoms with van der Waals surface area (Å²) in [6.45, 7) is 3.45. The molecule has 0 aliphatic heterocycles. The van der Waals surface area contributed by atoms with Gasteiger partial charge in [-0.25, -0.2) is 4.79 Å². The summed E-state index contributed by atoms with van der Waals surface area (Å²) in [5, 5.41) is 12.3. The number of carboxylic acids is 1. The number of benzene rings is 1. The van der Waals surface area contributed by atoms with Crippen LogP contribution in [-0.4, -0.2) is 17.1 Å². The first-order valence-electron chi connectivity index (χ1n) is 4.11. The lowest BCUT2D eigenvalue weighted by molar-refractivity contribution is -0.136. The van der Waals surface area contributed by atoms with E-state index in [1.165, 1.54) is 6.08 Å². The van der Waals surface area contributed by atoms with Crippen LogP contribution >= 0.6 is 34.2 Å². The molecule has 0 amide bonds. The average molecular weight is 338 g/mol. The van der Waals surface area contributed by atoms with E-state index in [9.17, 15) is 4.79 Å². The Bertz CT molecular complexity index is 395. The average Bonchev–Trinajstić information content (AvgIpc) is 2.16. The van der Waals surface area contributed by atoms with Crippen molar-refractivity contribution < 1.29 is 9.90 Å². The van der Waals surface area contributed by atoms with Gasteiger partial charge in [0.1, 0.15) is 6.04 Å². The van der Waals surface area contributed by atoms with Crippen LogP contribution in [0.5, 0.6) is 0 Å². The molecule has 0 fully saturated rings. The fraction of sp³-hybridized carbons (Fsp3) is 0.100. The molecule has 80 valence electrons. The van der Waals surface area contributed by atoms with E-state index in [0.717, 1.165) is 9.26 Å². The summed E-state index contributed by atoms with van der Waals surface area (Å²) in [5.41, 5.74) is 0.729. The maximum atomic E-state index is 10.8. The quantitative estimate of drug-likeness (QED) is 0.656. The van der Waals surface area contributed by atoms with Gasteiger partial charge in [-0.05, 0) is 40.8 Å². The number of carboxylic acid groups (broad SMARTS) is 1. The SMILES string of the molecule is C=CC(Nc1ccc(Cl)cc1I)C(=O)O. The standard InChI is InChI=1S/C10H9ClINO2/c1-2-8(10(14)15)13-9-4-3-6(11)5-7(9)12/h2-5,8,13H,1H2,(H,14,15). The van der Waals surface area contributed by atoms with Crippen molar-refractivity contribution in [2.45, 2.75) is 6.04 Å². The van der Waals surface area contributed by atoms with Crippen molar-refractivity contribution in [1.82, 2.24) is 0 Å². The molecular weight excluding hydrogens is 328 g/mol. The van der Waals surface area contributed by atoms with Crippen molar-refractivity contribution in [2.75, 3.05) is 5.32 Å². The first-order valence-corrected chi connectivity index (χ1v) is 5.57. The van der Waals surface area contributed by atoms with E-state index in [1.807, 2.05) is 0 Å². The second-order valence-corrected chi connectivity index (χ2v) is 4.42. The molecule has 5 heteroatoms. The molecule has 1 rings (SSSR count). The van der Waals surface area contributed by atoms with Crippen LogP contribution in [0.25, 0.3) is 0 Å². The Morgan fingerprint density at radius 1 is 1.67 bits per heavy atom. The van der Waals surface area contributed by atoms with Gasteiger partial charge in [0.2, 0.25) is 0 Å². The van der Waals surface area contributed by atoms with Crippen molar-refractivity contribution in [3.63, 3.8) is 0 Å². The van der Waals surface area contributed by atoms with Crippen molar-refractivity contribution in [1.29, 1.82) is 0 Å². The van der Waals surface area contributed by atoms with E-state index < -0.39 is 12.0 Å². The van der Waals surface area contributed by atoms with Crippen LogP contribution in [0, 0.1) is 3.57 Å². The lowest BCUT2D eigenvalue weighted by Crippen LogP contribution is -2.26. The van der Waals surface area contributed by atoms with Crippen molar-refractivity contribution >= 4 is 45.8 Å². The number of anilines is 1. The summed E-state index contributed by atoms with van der Waals surface area (Å²) >= 11 is 7.87. The second-order valence-electron chi connectivity index (χ2n) is 2.82. The molecule has 1 atom stereocenters. The summed E-state index contributed by atoms with van der Waals surface area (Å²) in [6, 6.07) is 4.41. The van der Waals surface area contributed by atoms with Gasteiger partial charge in [-0.2, -0.15) is 0 Å². The highest BCUT2D eigenvalue weighted by atomic mass is 127. The number of carbonyl (C=O) groups is 1. The molecule has 15 heavy (non-hydrogen) atoms. The van der Waals surface area contributed by atoms with Gasteiger partial charge in [-0.15, -0.1) is 6.58 Å². The molecule has 0 heterocycles. The Morgan fingerprint density at radius 2 is 2.33 bits per heavy atom. The summed E-state index contributed by atoms with van der Waals surface area (Å²) in [5.74, 6) is -0.962.